The molecule has 3 aliphatic carbocycles. The van der Waals surface area contributed by atoms with E-state index >= 15 is 0 Å². The molecular weight excluding hydrogens is 455 g/mol. The number of aliphatic hydroxyl groups excluding tert-OH is 1. The van der Waals surface area contributed by atoms with Gasteiger partial charge in [0.1, 0.15) is 0 Å². The molecular formula is C23H26F7NO2. The van der Waals surface area contributed by atoms with Gasteiger partial charge in [-0.1, -0.05) is 18.2 Å². The van der Waals surface area contributed by atoms with Crippen molar-refractivity contribution in [2.75, 3.05) is 0 Å². The van der Waals surface area contributed by atoms with E-state index in [0.29, 0.717) is 62.6 Å². The number of hydrogen-bond donors (Lipinski definition) is 2. The van der Waals surface area contributed by atoms with E-state index in [2.05, 4.69) is 5.32 Å². The number of aryl methyl sites for hydroxylation is 1. The topological polar surface area (TPSA) is 49.3 Å². The van der Waals surface area contributed by atoms with Crippen molar-refractivity contribution >= 4 is 5.91 Å². The largest absolute Gasteiger partial charge is 0.435 e. The van der Waals surface area contributed by atoms with E-state index in [1.165, 1.54) is 6.07 Å². The van der Waals surface area contributed by atoms with Crippen LogP contribution >= 0.6 is 0 Å². The van der Waals surface area contributed by atoms with Gasteiger partial charge >= 0.3 is 18.0 Å². The van der Waals surface area contributed by atoms with E-state index in [1.807, 2.05) is 0 Å². The first kappa shape index (κ1) is 24.3. The number of fused-ring (bicyclic) bond motifs is 3. The maximum absolute atomic E-state index is 14.5. The Hall–Kier alpha value is -1.84. The molecule has 1 aromatic rings. The van der Waals surface area contributed by atoms with Gasteiger partial charge < -0.3 is 10.4 Å². The van der Waals surface area contributed by atoms with Crippen molar-refractivity contribution in [3.05, 3.63) is 34.9 Å². The summed E-state index contributed by atoms with van der Waals surface area (Å²) in [7, 11) is 0. The van der Waals surface area contributed by atoms with Crippen molar-refractivity contribution in [1.82, 2.24) is 5.32 Å². The quantitative estimate of drug-likeness (QED) is 0.564. The lowest BCUT2D eigenvalue weighted by Crippen LogP contribution is -2.50. The van der Waals surface area contributed by atoms with Crippen molar-refractivity contribution in [2.24, 2.45) is 11.8 Å². The smallest absolute Gasteiger partial charge is 0.393 e. The number of alkyl halides is 7. The summed E-state index contributed by atoms with van der Waals surface area (Å²) in [5.41, 5.74) is -5.99. The van der Waals surface area contributed by atoms with E-state index in [0.717, 1.165) is 0 Å². The second kappa shape index (κ2) is 8.43. The lowest BCUT2D eigenvalue weighted by molar-refractivity contribution is -0.348. The van der Waals surface area contributed by atoms with E-state index in [-0.39, 0.29) is 47.8 Å². The fourth-order valence-electron chi connectivity index (χ4n) is 5.92. The predicted octanol–water partition coefficient (Wildman–Crippen LogP) is 5.45. The summed E-state index contributed by atoms with van der Waals surface area (Å²) < 4.78 is 93.3. The number of carbonyl (C=O) groups is 1. The van der Waals surface area contributed by atoms with Gasteiger partial charge in [-0.3, -0.25) is 4.79 Å². The second-order valence-electron chi connectivity index (χ2n) is 9.57. The molecule has 10 heteroatoms. The molecule has 2 fully saturated rings. The summed E-state index contributed by atoms with van der Waals surface area (Å²) in [6.07, 6.45) is -8.15. The molecule has 0 heterocycles. The fraction of sp³-hybridized carbons (Fsp3) is 0.696. The van der Waals surface area contributed by atoms with Crippen molar-refractivity contribution in [2.45, 2.75) is 87.5 Å². The number of rotatable bonds is 3. The number of carbonyl (C=O) groups excluding carboxylic acids is 1. The van der Waals surface area contributed by atoms with Crippen LogP contribution in [0.5, 0.6) is 0 Å². The molecule has 2 N–H and O–H groups in total. The van der Waals surface area contributed by atoms with Crippen LogP contribution in [0.3, 0.4) is 0 Å². The normalized spacial score (nSPS) is 30.5. The summed E-state index contributed by atoms with van der Waals surface area (Å²) in [5.74, 6) is -0.573. The summed E-state index contributed by atoms with van der Waals surface area (Å²) >= 11 is 0. The highest BCUT2D eigenvalue weighted by Gasteiger charge is 2.73. The first-order valence-electron chi connectivity index (χ1n) is 11.3. The summed E-state index contributed by atoms with van der Waals surface area (Å²) in [4.78, 5) is 12.9. The minimum Gasteiger partial charge on any atom is -0.393 e. The van der Waals surface area contributed by atoms with Gasteiger partial charge in [-0.15, -0.1) is 0 Å². The minimum atomic E-state index is -6.14. The van der Waals surface area contributed by atoms with Crippen LogP contribution in [-0.4, -0.2) is 35.5 Å². The zero-order valence-electron chi connectivity index (χ0n) is 17.8. The highest BCUT2D eigenvalue weighted by molar-refractivity contribution is 5.80. The lowest BCUT2D eigenvalue weighted by Gasteiger charge is -2.35. The molecule has 33 heavy (non-hydrogen) atoms. The molecule has 0 aliphatic heterocycles. The van der Waals surface area contributed by atoms with E-state index in [4.69, 9.17) is 0 Å². The van der Waals surface area contributed by atoms with Crippen molar-refractivity contribution in [3.8, 4) is 0 Å². The number of hydrogen-bond acceptors (Lipinski definition) is 2. The Balaban J connectivity index is 1.53. The Bertz CT molecular complexity index is 876. The Morgan fingerprint density at radius 3 is 2.12 bits per heavy atom. The zero-order valence-corrected chi connectivity index (χ0v) is 17.8. The van der Waals surface area contributed by atoms with Crippen LogP contribution < -0.4 is 5.32 Å². The molecule has 2 saturated carbocycles. The first-order valence-corrected chi connectivity index (χ1v) is 11.3. The Morgan fingerprint density at radius 2 is 1.52 bits per heavy atom. The van der Waals surface area contributed by atoms with Gasteiger partial charge in [0.25, 0.3) is 0 Å². The number of benzene rings is 1. The second-order valence-corrected chi connectivity index (χ2v) is 9.57. The Labute approximate surface area is 186 Å². The predicted molar refractivity (Wildman–Crippen MR) is 105 cm³/mol. The maximum Gasteiger partial charge on any atom is 0.435 e. The molecule has 3 atom stereocenters. The van der Waals surface area contributed by atoms with Crippen molar-refractivity contribution < 1.29 is 40.6 Å². The van der Waals surface area contributed by atoms with Crippen LogP contribution in [0, 0.1) is 11.8 Å². The van der Waals surface area contributed by atoms with Gasteiger partial charge in [-0.25, -0.2) is 4.39 Å². The third kappa shape index (κ3) is 4.23. The standard InChI is InChI=1S/C23H26F7NO2/c24-21(22(25,26)27,23(28,29)30)13-2-8-16-12(11-13)1-7-18-17(16)9-10-19(18)20(33)31-14-3-5-15(32)6-4-14/h2,8,11,14-15,17-19,32H,1,3-7,9-10H2,(H,31,33)/t14?,15?,17?,18?,19-/m1/s1. The average molecular weight is 481 g/mol. The molecule has 0 bridgehead atoms. The monoisotopic (exact) mass is 481 g/mol. The number of nitrogens with one attached hydrogen (secondary N) is 1. The highest BCUT2D eigenvalue weighted by Crippen LogP contribution is 2.55. The highest BCUT2D eigenvalue weighted by atomic mass is 19.4. The molecule has 0 aromatic heterocycles. The van der Waals surface area contributed by atoms with Crippen molar-refractivity contribution in [1.29, 1.82) is 0 Å². The Kier molecular flexibility index (Phi) is 6.20. The third-order valence-electron chi connectivity index (χ3n) is 7.67. The minimum absolute atomic E-state index is 0.000740. The van der Waals surface area contributed by atoms with Crippen LogP contribution in [0.4, 0.5) is 30.7 Å². The van der Waals surface area contributed by atoms with Crippen LogP contribution in [0.15, 0.2) is 18.2 Å². The molecule has 4 rings (SSSR count). The van der Waals surface area contributed by atoms with Gasteiger partial charge in [0, 0.05) is 17.5 Å². The Morgan fingerprint density at radius 1 is 0.879 bits per heavy atom. The lowest BCUT2D eigenvalue weighted by atomic mass is 9.73. The number of amides is 1. The summed E-state index contributed by atoms with van der Waals surface area (Å²) in [5, 5.41) is 12.7. The fourth-order valence-corrected chi connectivity index (χ4v) is 5.92. The maximum atomic E-state index is 14.5. The SMILES string of the molecule is O=C(NC1CCC(O)CC1)[C@@H]1CCC2c3ccc(C(F)(C(F)(F)F)C(F)(F)F)cc3CCC21. The molecule has 1 amide bonds. The molecule has 0 spiro atoms. The third-order valence-corrected chi connectivity index (χ3v) is 7.67. The molecule has 2 unspecified atom stereocenters. The van der Waals surface area contributed by atoms with Crippen LogP contribution in [0.25, 0.3) is 0 Å². The average Bonchev–Trinajstić information content (AvgIpc) is 3.17. The summed E-state index contributed by atoms with van der Waals surface area (Å²) in [6, 6.07) is 2.47. The van der Waals surface area contributed by atoms with Gasteiger partial charge in [0.2, 0.25) is 5.91 Å². The van der Waals surface area contributed by atoms with Crippen LogP contribution in [-0.2, 0) is 16.9 Å². The summed E-state index contributed by atoms with van der Waals surface area (Å²) in [6.45, 7) is 0. The van der Waals surface area contributed by atoms with Crippen molar-refractivity contribution in [3.63, 3.8) is 0 Å². The van der Waals surface area contributed by atoms with Gasteiger partial charge in [0.15, 0.2) is 0 Å². The molecule has 0 radical (unpaired) electrons. The van der Waals surface area contributed by atoms with Gasteiger partial charge in [0.05, 0.1) is 6.10 Å². The first-order chi connectivity index (χ1) is 15.3. The number of aliphatic hydroxyl groups is 1. The van der Waals surface area contributed by atoms with Crippen LogP contribution in [0.1, 0.15) is 67.6 Å². The number of halogens is 7. The van der Waals surface area contributed by atoms with E-state index in [1.54, 1.807) is 0 Å². The van der Waals surface area contributed by atoms with E-state index in [9.17, 15) is 40.6 Å². The van der Waals surface area contributed by atoms with Gasteiger partial charge in [-0.05, 0) is 74.3 Å². The molecule has 3 nitrogen and oxygen atoms in total. The molecule has 0 saturated heterocycles. The molecule has 3 aliphatic rings. The van der Waals surface area contributed by atoms with Gasteiger partial charge in [-0.2, -0.15) is 26.3 Å². The van der Waals surface area contributed by atoms with Crippen LogP contribution in [0.2, 0.25) is 0 Å². The zero-order chi connectivity index (χ0) is 24.2. The molecule has 1 aromatic carbocycles. The van der Waals surface area contributed by atoms with E-state index < -0.39 is 23.6 Å². The molecule has 184 valence electrons.